The monoisotopic (exact) mass is 382 g/mol. The highest BCUT2D eigenvalue weighted by Gasteiger charge is 2.21. The molecule has 1 atom stereocenters. The standard InChI is InChI=1S/C14H30N4.HI/c1-5-15-14(16-6-2)17-10-13-8-7-9-18(11-13)12(3)4;/h12-13H,5-11H2,1-4H3,(H2,15,16,17);1H. The number of hydrogen-bond acceptors (Lipinski definition) is 2. The number of likely N-dealkylation sites (tertiary alicyclic amines) is 1. The summed E-state index contributed by atoms with van der Waals surface area (Å²) in [6.45, 7) is 14.0. The Morgan fingerprint density at radius 1 is 1.26 bits per heavy atom. The van der Waals surface area contributed by atoms with E-state index < -0.39 is 0 Å². The van der Waals surface area contributed by atoms with Crippen LogP contribution < -0.4 is 10.6 Å². The van der Waals surface area contributed by atoms with Crippen molar-refractivity contribution in [1.29, 1.82) is 0 Å². The highest BCUT2D eigenvalue weighted by molar-refractivity contribution is 14.0. The van der Waals surface area contributed by atoms with Gasteiger partial charge in [-0.2, -0.15) is 0 Å². The molecule has 0 saturated carbocycles. The van der Waals surface area contributed by atoms with Crippen LogP contribution in [0, 0.1) is 5.92 Å². The number of halogens is 1. The number of nitrogens with zero attached hydrogens (tertiary/aromatic N) is 2. The first-order chi connectivity index (χ1) is 8.67. The molecule has 19 heavy (non-hydrogen) atoms. The maximum Gasteiger partial charge on any atom is 0.191 e. The van der Waals surface area contributed by atoms with Gasteiger partial charge in [0, 0.05) is 32.2 Å². The van der Waals surface area contributed by atoms with Crippen LogP contribution in [0.25, 0.3) is 0 Å². The fourth-order valence-corrected chi connectivity index (χ4v) is 2.44. The minimum Gasteiger partial charge on any atom is -0.357 e. The van der Waals surface area contributed by atoms with Gasteiger partial charge in [0.2, 0.25) is 0 Å². The second-order valence-corrected chi connectivity index (χ2v) is 5.35. The van der Waals surface area contributed by atoms with E-state index in [0.29, 0.717) is 12.0 Å². The lowest BCUT2D eigenvalue weighted by Crippen LogP contribution is -2.42. The molecule has 0 radical (unpaired) electrons. The maximum atomic E-state index is 4.69. The Kier molecular flexibility index (Phi) is 10.7. The second-order valence-electron chi connectivity index (χ2n) is 5.35. The summed E-state index contributed by atoms with van der Waals surface area (Å²) in [5.41, 5.74) is 0. The van der Waals surface area contributed by atoms with Crippen LogP contribution in [0.1, 0.15) is 40.5 Å². The number of hydrogen-bond donors (Lipinski definition) is 2. The highest BCUT2D eigenvalue weighted by atomic mass is 127. The molecule has 2 N–H and O–H groups in total. The Hall–Kier alpha value is -0.0400. The molecule has 114 valence electrons. The predicted octanol–water partition coefficient (Wildman–Crippen LogP) is 2.30. The molecule has 1 saturated heterocycles. The summed E-state index contributed by atoms with van der Waals surface area (Å²) < 4.78 is 0. The predicted molar refractivity (Wildman–Crippen MR) is 94.5 cm³/mol. The molecule has 0 aliphatic carbocycles. The molecule has 1 heterocycles. The number of guanidine groups is 1. The molecule has 4 nitrogen and oxygen atoms in total. The molecule has 0 spiro atoms. The van der Waals surface area contributed by atoms with Crippen LogP contribution in [0.15, 0.2) is 4.99 Å². The zero-order valence-corrected chi connectivity index (χ0v) is 15.2. The van der Waals surface area contributed by atoms with Crippen LogP contribution >= 0.6 is 24.0 Å². The van der Waals surface area contributed by atoms with Gasteiger partial charge in [-0.1, -0.05) is 0 Å². The van der Waals surface area contributed by atoms with Crippen LogP contribution in [0.3, 0.4) is 0 Å². The largest absolute Gasteiger partial charge is 0.357 e. The molecular formula is C14H31IN4. The Morgan fingerprint density at radius 3 is 2.42 bits per heavy atom. The van der Waals surface area contributed by atoms with Gasteiger partial charge < -0.3 is 15.5 Å². The van der Waals surface area contributed by atoms with E-state index in [0.717, 1.165) is 25.6 Å². The van der Waals surface area contributed by atoms with Crippen LogP contribution in [-0.4, -0.2) is 49.6 Å². The number of aliphatic imine (C=N–C) groups is 1. The van der Waals surface area contributed by atoms with Crippen LogP contribution in [0.4, 0.5) is 0 Å². The number of nitrogens with one attached hydrogen (secondary N) is 2. The van der Waals surface area contributed by atoms with Gasteiger partial charge in [0.1, 0.15) is 0 Å². The van der Waals surface area contributed by atoms with E-state index >= 15 is 0 Å². The van der Waals surface area contributed by atoms with Crippen molar-refractivity contribution in [1.82, 2.24) is 15.5 Å². The van der Waals surface area contributed by atoms with E-state index in [9.17, 15) is 0 Å². The molecule has 1 aliphatic heterocycles. The topological polar surface area (TPSA) is 39.7 Å². The molecule has 1 rings (SSSR count). The normalized spacial score (nSPS) is 19.7. The van der Waals surface area contributed by atoms with Crippen molar-refractivity contribution in [3.8, 4) is 0 Å². The SMILES string of the molecule is CCNC(=NCC1CCCN(C(C)C)C1)NCC.I. The van der Waals surface area contributed by atoms with Crippen molar-refractivity contribution in [2.75, 3.05) is 32.7 Å². The molecule has 5 heteroatoms. The summed E-state index contributed by atoms with van der Waals surface area (Å²) >= 11 is 0. The average Bonchev–Trinajstić information content (AvgIpc) is 2.37. The minimum atomic E-state index is 0. The van der Waals surface area contributed by atoms with E-state index in [2.05, 4.69) is 48.2 Å². The van der Waals surface area contributed by atoms with E-state index in [1.165, 1.54) is 25.9 Å². The molecule has 0 aromatic heterocycles. The zero-order valence-electron chi connectivity index (χ0n) is 12.9. The molecule has 0 aromatic carbocycles. The third-order valence-corrected chi connectivity index (χ3v) is 3.48. The van der Waals surface area contributed by atoms with Crippen molar-refractivity contribution in [2.45, 2.75) is 46.6 Å². The van der Waals surface area contributed by atoms with Crippen molar-refractivity contribution < 1.29 is 0 Å². The van der Waals surface area contributed by atoms with Gasteiger partial charge >= 0.3 is 0 Å². The summed E-state index contributed by atoms with van der Waals surface area (Å²) in [5, 5.41) is 6.56. The van der Waals surface area contributed by atoms with E-state index in [-0.39, 0.29) is 24.0 Å². The van der Waals surface area contributed by atoms with E-state index in [1.54, 1.807) is 0 Å². The summed E-state index contributed by atoms with van der Waals surface area (Å²) in [6, 6.07) is 0.666. The van der Waals surface area contributed by atoms with Gasteiger partial charge in [0.05, 0.1) is 0 Å². The molecule has 0 bridgehead atoms. The van der Waals surface area contributed by atoms with E-state index in [1.807, 2.05) is 0 Å². The molecule has 0 aromatic rings. The first-order valence-electron chi connectivity index (χ1n) is 7.43. The molecule has 1 unspecified atom stereocenters. The van der Waals surface area contributed by atoms with Crippen molar-refractivity contribution in [3.63, 3.8) is 0 Å². The Labute approximate surface area is 135 Å². The van der Waals surface area contributed by atoms with Gasteiger partial charge in [-0.05, 0) is 53.0 Å². The Morgan fingerprint density at radius 2 is 1.89 bits per heavy atom. The summed E-state index contributed by atoms with van der Waals surface area (Å²) in [4.78, 5) is 7.26. The zero-order chi connectivity index (χ0) is 13.4. The number of rotatable bonds is 5. The molecular weight excluding hydrogens is 351 g/mol. The fraction of sp³-hybridized carbons (Fsp3) is 0.929. The smallest absolute Gasteiger partial charge is 0.191 e. The Bertz CT molecular complexity index is 248. The van der Waals surface area contributed by atoms with Crippen LogP contribution in [0.2, 0.25) is 0 Å². The lowest BCUT2D eigenvalue weighted by molar-refractivity contribution is 0.143. The fourth-order valence-electron chi connectivity index (χ4n) is 2.44. The lowest BCUT2D eigenvalue weighted by Gasteiger charge is -2.34. The maximum absolute atomic E-state index is 4.69. The minimum absolute atomic E-state index is 0. The van der Waals surface area contributed by atoms with Crippen molar-refractivity contribution in [3.05, 3.63) is 0 Å². The Balaban J connectivity index is 0.00000324. The highest BCUT2D eigenvalue weighted by Crippen LogP contribution is 2.18. The van der Waals surface area contributed by atoms with Gasteiger partial charge in [-0.3, -0.25) is 4.99 Å². The quantitative estimate of drug-likeness (QED) is 0.436. The molecule has 0 amide bonds. The summed E-state index contributed by atoms with van der Waals surface area (Å²) in [7, 11) is 0. The van der Waals surface area contributed by atoms with E-state index in [4.69, 9.17) is 0 Å². The first kappa shape index (κ1) is 19.0. The molecule has 1 aliphatic rings. The lowest BCUT2D eigenvalue weighted by atomic mass is 9.97. The average molecular weight is 382 g/mol. The molecule has 1 fully saturated rings. The third kappa shape index (κ3) is 7.34. The van der Waals surface area contributed by atoms with Crippen LogP contribution in [0.5, 0.6) is 0 Å². The second kappa shape index (κ2) is 10.7. The van der Waals surface area contributed by atoms with Crippen molar-refractivity contribution >= 4 is 29.9 Å². The van der Waals surface area contributed by atoms with Gasteiger partial charge in [-0.25, -0.2) is 0 Å². The van der Waals surface area contributed by atoms with Gasteiger partial charge in [-0.15, -0.1) is 24.0 Å². The van der Waals surface area contributed by atoms with Crippen LogP contribution in [-0.2, 0) is 0 Å². The number of piperidine rings is 1. The summed E-state index contributed by atoms with van der Waals surface area (Å²) in [5.74, 6) is 1.68. The van der Waals surface area contributed by atoms with Gasteiger partial charge in [0.25, 0.3) is 0 Å². The summed E-state index contributed by atoms with van der Waals surface area (Å²) in [6.07, 6.45) is 2.63. The van der Waals surface area contributed by atoms with Gasteiger partial charge in [0.15, 0.2) is 5.96 Å². The first-order valence-corrected chi connectivity index (χ1v) is 7.43. The van der Waals surface area contributed by atoms with Crippen molar-refractivity contribution in [2.24, 2.45) is 10.9 Å². The third-order valence-electron chi connectivity index (χ3n) is 3.48.